The minimum Gasteiger partial charge on any atom is -0.454 e. The molecule has 1 saturated heterocycles. The number of amides is 2. The van der Waals surface area contributed by atoms with Gasteiger partial charge in [0.05, 0.1) is 11.4 Å². The second-order valence-corrected chi connectivity index (χ2v) is 9.81. The molecule has 0 radical (unpaired) electrons. The first-order valence-electron chi connectivity index (χ1n) is 11.5. The van der Waals surface area contributed by atoms with Gasteiger partial charge in [-0.25, -0.2) is 4.99 Å². The van der Waals surface area contributed by atoms with Crippen LogP contribution in [0.25, 0.3) is 6.08 Å². The van der Waals surface area contributed by atoms with Crippen LogP contribution in [0.1, 0.15) is 30.9 Å². The van der Waals surface area contributed by atoms with Crippen LogP contribution in [0.15, 0.2) is 53.2 Å². The van der Waals surface area contributed by atoms with E-state index in [2.05, 4.69) is 11.9 Å². The van der Waals surface area contributed by atoms with Crippen molar-refractivity contribution >= 4 is 40.5 Å². The smallest absolute Gasteiger partial charge is 0.283 e. The number of carbonyl (C=O) groups excluding carboxylic acids is 2. The summed E-state index contributed by atoms with van der Waals surface area (Å²) in [6.45, 7) is 6.01. The van der Waals surface area contributed by atoms with Crippen molar-refractivity contribution in [3.05, 3.63) is 59.3 Å². The lowest BCUT2D eigenvalue weighted by atomic mass is 9.99. The van der Waals surface area contributed by atoms with Crippen molar-refractivity contribution in [2.75, 3.05) is 30.5 Å². The quantitative estimate of drug-likeness (QED) is 0.608. The maximum atomic E-state index is 13.4. The number of carbonyl (C=O) groups is 2. The van der Waals surface area contributed by atoms with Crippen LogP contribution in [0.5, 0.6) is 11.5 Å². The summed E-state index contributed by atoms with van der Waals surface area (Å²) in [5.41, 5.74) is 2.95. The van der Waals surface area contributed by atoms with E-state index in [1.165, 1.54) is 11.8 Å². The Labute approximate surface area is 203 Å². The fourth-order valence-corrected chi connectivity index (χ4v) is 5.07. The van der Waals surface area contributed by atoms with Gasteiger partial charge in [0, 0.05) is 13.1 Å². The molecule has 0 atom stereocenters. The van der Waals surface area contributed by atoms with E-state index in [1.807, 2.05) is 54.3 Å². The number of ether oxygens (including phenoxy) is 2. The number of aliphatic imine (C=N–C) groups is 1. The van der Waals surface area contributed by atoms with Crippen molar-refractivity contribution in [3.63, 3.8) is 0 Å². The molecule has 34 heavy (non-hydrogen) atoms. The highest BCUT2D eigenvalue weighted by atomic mass is 32.2. The highest BCUT2D eigenvalue weighted by Gasteiger charge is 2.33. The molecule has 3 aliphatic rings. The van der Waals surface area contributed by atoms with E-state index in [9.17, 15) is 9.59 Å². The lowest BCUT2D eigenvalue weighted by Crippen LogP contribution is -2.39. The molecular formula is C26H27N3O4S. The van der Waals surface area contributed by atoms with Crippen molar-refractivity contribution in [1.82, 2.24) is 4.90 Å². The topological polar surface area (TPSA) is 71.4 Å². The van der Waals surface area contributed by atoms with E-state index >= 15 is 0 Å². The summed E-state index contributed by atoms with van der Waals surface area (Å²) in [5.74, 6) is 2.11. The largest absolute Gasteiger partial charge is 0.454 e. The van der Waals surface area contributed by atoms with Crippen LogP contribution in [0.2, 0.25) is 0 Å². The number of aryl methyl sites for hydroxylation is 1. The second kappa shape index (κ2) is 9.54. The lowest BCUT2D eigenvalue weighted by molar-refractivity contribution is -0.129. The summed E-state index contributed by atoms with van der Waals surface area (Å²) in [6, 6.07) is 13.3. The average Bonchev–Trinajstić information content (AvgIpc) is 3.43. The standard InChI is InChI=1S/C26H27N3O4S/c1-17-3-6-20(7-4-17)29-25(31)21(13-19-5-8-22-23(14-19)33-16-32-22)27-26(29)34-15-24(30)28-11-9-18(2)10-12-28/h3-8,13-14,18H,9-12,15-16H2,1-2H3/b21-13+. The Balaban J connectivity index is 1.39. The van der Waals surface area contributed by atoms with Gasteiger partial charge in [-0.15, -0.1) is 0 Å². The Bertz CT molecular complexity index is 1170. The van der Waals surface area contributed by atoms with E-state index in [0.717, 1.165) is 42.7 Å². The molecule has 2 aromatic carbocycles. The Kier molecular flexibility index (Phi) is 6.32. The van der Waals surface area contributed by atoms with Crippen LogP contribution in [0.3, 0.4) is 0 Å². The van der Waals surface area contributed by atoms with Crippen LogP contribution < -0.4 is 14.4 Å². The van der Waals surface area contributed by atoms with E-state index < -0.39 is 0 Å². The number of benzene rings is 2. The van der Waals surface area contributed by atoms with E-state index in [0.29, 0.717) is 28.3 Å². The van der Waals surface area contributed by atoms with Crippen LogP contribution in [-0.2, 0) is 9.59 Å². The van der Waals surface area contributed by atoms with Crippen molar-refractivity contribution in [2.24, 2.45) is 10.9 Å². The molecule has 3 aliphatic heterocycles. The molecule has 5 rings (SSSR count). The number of hydrogen-bond acceptors (Lipinski definition) is 6. The van der Waals surface area contributed by atoms with E-state index in [4.69, 9.17) is 9.47 Å². The molecule has 0 bridgehead atoms. The Hall–Kier alpha value is -3.26. The second-order valence-electron chi connectivity index (χ2n) is 8.86. The summed E-state index contributed by atoms with van der Waals surface area (Å²) < 4.78 is 10.8. The number of amidine groups is 1. The highest BCUT2D eigenvalue weighted by Crippen LogP contribution is 2.35. The zero-order valence-electron chi connectivity index (χ0n) is 19.3. The average molecular weight is 478 g/mol. The molecule has 0 aromatic heterocycles. The van der Waals surface area contributed by atoms with Gasteiger partial charge in [-0.2, -0.15) is 0 Å². The van der Waals surface area contributed by atoms with E-state index in [-0.39, 0.29) is 24.4 Å². The lowest BCUT2D eigenvalue weighted by Gasteiger charge is -2.30. The highest BCUT2D eigenvalue weighted by molar-refractivity contribution is 8.14. The molecule has 2 amide bonds. The molecule has 8 heteroatoms. The van der Waals surface area contributed by atoms with Gasteiger partial charge in [0.15, 0.2) is 16.7 Å². The molecule has 0 unspecified atom stereocenters. The molecule has 0 saturated carbocycles. The first-order valence-corrected chi connectivity index (χ1v) is 12.5. The number of rotatable bonds is 4. The fraction of sp³-hybridized carbons (Fsp3) is 0.346. The van der Waals surface area contributed by atoms with Gasteiger partial charge in [0.1, 0.15) is 5.70 Å². The van der Waals surface area contributed by atoms with Gasteiger partial charge in [0.2, 0.25) is 12.7 Å². The number of likely N-dealkylation sites (tertiary alicyclic amines) is 1. The van der Waals surface area contributed by atoms with Crippen LogP contribution in [0, 0.1) is 12.8 Å². The Morgan fingerprint density at radius 1 is 1.12 bits per heavy atom. The molecule has 3 heterocycles. The third-order valence-electron chi connectivity index (χ3n) is 6.28. The minimum absolute atomic E-state index is 0.0871. The molecule has 0 aliphatic carbocycles. The molecular weight excluding hydrogens is 450 g/mol. The summed E-state index contributed by atoms with van der Waals surface area (Å²) in [7, 11) is 0. The maximum absolute atomic E-state index is 13.4. The Morgan fingerprint density at radius 3 is 2.62 bits per heavy atom. The number of thioether (sulfide) groups is 1. The first kappa shape index (κ1) is 22.5. The Morgan fingerprint density at radius 2 is 1.85 bits per heavy atom. The van der Waals surface area contributed by atoms with Gasteiger partial charge in [-0.05, 0) is 61.6 Å². The van der Waals surface area contributed by atoms with Crippen LogP contribution in [0.4, 0.5) is 5.69 Å². The number of piperidine rings is 1. The minimum atomic E-state index is -0.219. The molecule has 0 N–H and O–H groups in total. The summed E-state index contributed by atoms with van der Waals surface area (Å²) in [4.78, 5) is 34.4. The van der Waals surface area contributed by atoms with Gasteiger partial charge in [-0.1, -0.05) is 42.4 Å². The third kappa shape index (κ3) is 4.68. The SMILES string of the molecule is Cc1ccc(N2C(=O)/C(=C\c3ccc4c(c3)OCO4)N=C2SCC(=O)N2CCC(C)CC2)cc1. The van der Waals surface area contributed by atoms with E-state index in [1.54, 1.807) is 11.0 Å². The first-order chi connectivity index (χ1) is 16.5. The molecule has 176 valence electrons. The molecule has 7 nitrogen and oxygen atoms in total. The monoisotopic (exact) mass is 477 g/mol. The number of nitrogens with zero attached hydrogens (tertiary/aromatic N) is 3. The zero-order valence-corrected chi connectivity index (χ0v) is 20.1. The third-order valence-corrected chi connectivity index (χ3v) is 7.21. The van der Waals surface area contributed by atoms with Gasteiger partial charge in [-0.3, -0.25) is 14.5 Å². The maximum Gasteiger partial charge on any atom is 0.283 e. The summed E-state index contributed by atoms with van der Waals surface area (Å²) >= 11 is 1.31. The number of fused-ring (bicyclic) bond motifs is 1. The molecule has 0 spiro atoms. The normalized spacial score (nSPS) is 19.2. The van der Waals surface area contributed by atoms with Gasteiger partial charge >= 0.3 is 0 Å². The molecule has 1 fully saturated rings. The molecule has 2 aromatic rings. The predicted molar refractivity (Wildman–Crippen MR) is 134 cm³/mol. The van der Waals surface area contributed by atoms with Crippen molar-refractivity contribution < 1.29 is 19.1 Å². The van der Waals surface area contributed by atoms with Gasteiger partial charge < -0.3 is 14.4 Å². The van der Waals surface area contributed by atoms with Crippen molar-refractivity contribution in [2.45, 2.75) is 26.7 Å². The van der Waals surface area contributed by atoms with Gasteiger partial charge in [0.25, 0.3) is 5.91 Å². The number of hydrogen-bond donors (Lipinski definition) is 0. The summed E-state index contributed by atoms with van der Waals surface area (Å²) in [5, 5.41) is 0.513. The van der Waals surface area contributed by atoms with Crippen molar-refractivity contribution in [1.29, 1.82) is 0 Å². The predicted octanol–water partition coefficient (Wildman–Crippen LogP) is 4.46. The fourth-order valence-electron chi connectivity index (χ4n) is 4.15. The van der Waals surface area contributed by atoms with Crippen LogP contribution >= 0.6 is 11.8 Å². The van der Waals surface area contributed by atoms with Crippen LogP contribution in [-0.4, -0.2) is 47.5 Å². The number of anilines is 1. The summed E-state index contributed by atoms with van der Waals surface area (Å²) in [6.07, 6.45) is 3.81. The van der Waals surface area contributed by atoms with Crippen molar-refractivity contribution in [3.8, 4) is 11.5 Å². The zero-order chi connectivity index (χ0) is 23.7.